The lowest BCUT2D eigenvalue weighted by Gasteiger charge is -2.35. The number of para-hydroxylation sites is 1. The zero-order valence-corrected chi connectivity index (χ0v) is 13.0. The molecule has 114 valence electrons. The highest BCUT2D eigenvalue weighted by Gasteiger charge is 2.30. The third kappa shape index (κ3) is 2.04. The molecule has 0 amide bonds. The van der Waals surface area contributed by atoms with Crippen molar-refractivity contribution in [3.8, 4) is 0 Å². The first-order valence-electron chi connectivity index (χ1n) is 8.17. The second-order valence-corrected chi connectivity index (χ2v) is 6.34. The molecule has 0 aliphatic carbocycles. The van der Waals surface area contributed by atoms with Gasteiger partial charge in [0.25, 0.3) is 0 Å². The van der Waals surface area contributed by atoms with Crippen LogP contribution < -0.4 is 20.5 Å². The molecule has 0 bridgehead atoms. The third-order valence-electron chi connectivity index (χ3n) is 5.19. The van der Waals surface area contributed by atoms with Gasteiger partial charge in [0.2, 0.25) is 0 Å². The van der Waals surface area contributed by atoms with Crippen molar-refractivity contribution in [1.82, 2.24) is 4.98 Å². The summed E-state index contributed by atoms with van der Waals surface area (Å²) in [4.78, 5) is 6.44. The van der Waals surface area contributed by atoms with E-state index >= 15 is 0 Å². The van der Waals surface area contributed by atoms with E-state index in [0.29, 0.717) is 5.92 Å². The van der Waals surface area contributed by atoms with Crippen LogP contribution in [0.4, 0.5) is 0 Å². The highest BCUT2D eigenvalue weighted by atomic mass is 16.3. The number of nitrogens with one attached hydrogen (secondary N) is 1. The third-order valence-corrected chi connectivity index (χ3v) is 5.19. The predicted octanol–water partition coefficient (Wildman–Crippen LogP) is -0.0672. The summed E-state index contributed by atoms with van der Waals surface area (Å²) in [7, 11) is 0. The number of fused-ring (bicyclic) bond motifs is 4. The van der Waals surface area contributed by atoms with Gasteiger partial charge in [-0.3, -0.25) is 0 Å². The molecule has 0 radical (unpaired) electrons. The van der Waals surface area contributed by atoms with E-state index in [-0.39, 0.29) is 6.61 Å². The molecule has 2 aromatic rings. The molecule has 1 aromatic heterocycles. The van der Waals surface area contributed by atoms with E-state index in [9.17, 15) is 5.11 Å². The van der Waals surface area contributed by atoms with Crippen molar-refractivity contribution in [2.45, 2.75) is 19.8 Å². The maximum atomic E-state index is 9.37. The fourth-order valence-corrected chi connectivity index (χ4v) is 4.03. The van der Waals surface area contributed by atoms with Crippen LogP contribution in [0.5, 0.6) is 0 Å². The molecule has 2 aliphatic heterocycles. The number of allylic oxidation sites excluding steroid dienone is 1. The molecular weight excluding hydrogens is 272 g/mol. The van der Waals surface area contributed by atoms with Gasteiger partial charge in [-0.1, -0.05) is 35.7 Å². The monoisotopic (exact) mass is 294 g/mol. The summed E-state index contributed by atoms with van der Waals surface area (Å²) in [5.41, 5.74) is 4.03. The number of aliphatic hydroxyl groups excluding tert-OH is 1. The summed E-state index contributed by atoms with van der Waals surface area (Å²) in [6.07, 6.45) is 6.48. The van der Waals surface area contributed by atoms with Crippen LogP contribution >= 0.6 is 0 Å². The molecule has 4 rings (SSSR count). The van der Waals surface area contributed by atoms with Crippen molar-refractivity contribution < 1.29 is 10.0 Å². The molecule has 3 heterocycles. The van der Waals surface area contributed by atoms with Crippen molar-refractivity contribution in [2.75, 3.05) is 19.7 Å². The van der Waals surface area contributed by atoms with Gasteiger partial charge in [0.05, 0.1) is 5.70 Å². The molecule has 1 saturated heterocycles. The summed E-state index contributed by atoms with van der Waals surface area (Å²) in [6.45, 7) is 4.48. The molecule has 0 spiro atoms. The van der Waals surface area contributed by atoms with Gasteiger partial charge in [0.15, 0.2) is 0 Å². The normalized spacial score (nSPS) is 25.9. The van der Waals surface area contributed by atoms with Gasteiger partial charge < -0.3 is 15.0 Å². The molecule has 22 heavy (non-hydrogen) atoms. The van der Waals surface area contributed by atoms with Crippen LogP contribution in [-0.4, -0.2) is 24.8 Å². The Morgan fingerprint density at radius 1 is 1.36 bits per heavy atom. The smallest absolute Gasteiger partial charge is 0.104 e. The van der Waals surface area contributed by atoms with E-state index in [0.717, 1.165) is 31.4 Å². The number of aliphatic hydroxyl groups is 1. The Labute approximate surface area is 130 Å². The SMILES string of the molecule is CC=C1C[NH+]2CC=c3c([n-]c4ccccc34)=C2CC1CCO. The second-order valence-electron chi connectivity index (χ2n) is 6.34. The largest absolute Gasteiger partial charge is 0.652 e. The lowest BCUT2D eigenvalue weighted by atomic mass is 9.85. The van der Waals surface area contributed by atoms with Crippen molar-refractivity contribution >= 4 is 22.7 Å². The number of aromatic nitrogens is 1. The Balaban J connectivity index is 1.90. The molecule has 3 nitrogen and oxygen atoms in total. The highest BCUT2D eigenvalue weighted by Crippen LogP contribution is 2.24. The van der Waals surface area contributed by atoms with E-state index < -0.39 is 0 Å². The van der Waals surface area contributed by atoms with Gasteiger partial charge in [0, 0.05) is 13.0 Å². The molecule has 1 fully saturated rings. The first-order chi connectivity index (χ1) is 10.8. The van der Waals surface area contributed by atoms with E-state index in [2.05, 4.69) is 43.3 Å². The topological polar surface area (TPSA) is 38.8 Å². The first-order valence-corrected chi connectivity index (χ1v) is 8.17. The number of hydrogen-bond donors (Lipinski definition) is 2. The van der Waals surface area contributed by atoms with Crippen LogP contribution in [0.1, 0.15) is 19.8 Å². The number of piperidine rings is 1. The van der Waals surface area contributed by atoms with Crippen molar-refractivity contribution in [1.29, 1.82) is 0 Å². The summed E-state index contributed by atoms with van der Waals surface area (Å²) < 4.78 is 0. The fraction of sp³-hybridized carbons (Fsp3) is 0.368. The molecular formula is C19H22N2O. The maximum absolute atomic E-state index is 9.37. The van der Waals surface area contributed by atoms with E-state index in [4.69, 9.17) is 4.98 Å². The Kier molecular flexibility index (Phi) is 3.40. The van der Waals surface area contributed by atoms with Crippen LogP contribution in [0.3, 0.4) is 0 Å². The zero-order valence-electron chi connectivity index (χ0n) is 13.0. The Bertz CT molecular complexity index is 859. The average molecular weight is 294 g/mol. The molecule has 2 N–H and O–H groups in total. The summed E-state index contributed by atoms with van der Waals surface area (Å²) in [5.74, 6) is 0.472. The predicted molar refractivity (Wildman–Crippen MR) is 88.7 cm³/mol. The standard InChI is InChI=1S/C19H21N2O/c1-2-13-12-21-9-7-16-15-5-3-4-6-17(15)20-19(16)18(21)11-14(13)8-10-22/h2-7,14,22H,8-12H2,1H3/q-1/p+1. The van der Waals surface area contributed by atoms with Gasteiger partial charge >= 0.3 is 0 Å². The van der Waals surface area contributed by atoms with Crippen molar-refractivity contribution in [3.05, 3.63) is 46.5 Å². The van der Waals surface area contributed by atoms with Crippen LogP contribution in [0, 0.1) is 5.92 Å². The summed E-state index contributed by atoms with van der Waals surface area (Å²) in [5, 5.41) is 13.2. The van der Waals surface area contributed by atoms with Crippen molar-refractivity contribution in [2.24, 2.45) is 5.92 Å². The van der Waals surface area contributed by atoms with E-state index in [1.54, 1.807) is 0 Å². The van der Waals surface area contributed by atoms with E-state index in [1.165, 1.54) is 32.1 Å². The lowest BCUT2D eigenvalue weighted by Crippen LogP contribution is -3.12. The molecule has 0 saturated carbocycles. The fourth-order valence-electron chi connectivity index (χ4n) is 4.03. The van der Waals surface area contributed by atoms with Crippen molar-refractivity contribution in [3.63, 3.8) is 0 Å². The molecule has 3 heteroatoms. The Morgan fingerprint density at radius 3 is 3.05 bits per heavy atom. The number of rotatable bonds is 2. The number of benzene rings is 1. The quantitative estimate of drug-likeness (QED) is 0.761. The number of hydrogen-bond acceptors (Lipinski definition) is 1. The minimum absolute atomic E-state index is 0.264. The van der Waals surface area contributed by atoms with Gasteiger partial charge in [-0.05, 0) is 41.5 Å². The van der Waals surface area contributed by atoms with Crippen LogP contribution in [0.2, 0.25) is 0 Å². The minimum atomic E-state index is 0.264. The van der Waals surface area contributed by atoms with Crippen LogP contribution in [0.25, 0.3) is 22.7 Å². The van der Waals surface area contributed by atoms with Gasteiger partial charge in [-0.25, -0.2) is 0 Å². The summed E-state index contributed by atoms with van der Waals surface area (Å²) >= 11 is 0. The van der Waals surface area contributed by atoms with Gasteiger partial charge in [-0.15, -0.1) is 5.52 Å². The Hall–Kier alpha value is -1.84. The summed E-state index contributed by atoms with van der Waals surface area (Å²) in [6, 6.07) is 8.43. The minimum Gasteiger partial charge on any atom is -0.652 e. The van der Waals surface area contributed by atoms with Gasteiger partial charge in [0.1, 0.15) is 13.1 Å². The highest BCUT2D eigenvalue weighted by molar-refractivity contribution is 5.81. The zero-order chi connectivity index (χ0) is 15.1. The van der Waals surface area contributed by atoms with Crippen LogP contribution in [-0.2, 0) is 0 Å². The molecule has 2 unspecified atom stereocenters. The molecule has 2 atom stereocenters. The molecule has 2 aliphatic rings. The number of nitrogens with zero attached hydrogens (tertiary/aromatic N) is 1. The van der Waals surface area contributed by atoms with Gasteiger partial charge in [-0.2, -0.15) is 0 Å². The molecule has 1 aromatic carbocycles. The average Bonchev–Trinajstić information content (AvgIpc) is 2.93. The lowest BCUT2D eigenvalue weighted by molar-refractivity contribution is -0.818. The second kappa shape index (κ2) is 5.41. The number of quaternary nitrogens is 1. The Morgan fingerprint density at radius 2 is 2.23 bits per heavy atom. The van der Waals surface area contributed by atoms with Crippen LogP contribution in [0.15, 0.2) is 35.9 Å². The first kappa shape index (κ1) is 13.8. The maximum Gasteiger partial charge on any atom is 0.104 e. The van der Waals surface area contributed by atoms with E-state index in [1.807, 2.05) is 0 Å².